The van der Waals surface area contributed by atoms with Gasteiger partial charge in [-0.2, -0.15) is 0 Å². The maximum atomic E-state index is 11.6. The molecule has 100 valence electrons. The number of nitrogen functional groups attached to an aromatic ring is 1. The number of hydrogen-bond acceptors (Lipinski definition) is 5. The Bertz CT molecular complexity index is 407. The quantitative estimate of drug-likeness (QED) is 0.786. The summed E-state index contributed by atoms with van der Waals surface area (Å²) in [5.41, 5.74) is 6.27. The molecule has 1 rings (SSSR count). The summed E-state index contributed by atoms with van der Waals surface area (Å²) < 4.78 is 10.2. The molecule has 1 aromatic rings. The molecule has 0 aliphatic carbocycles. The van der Waals surface area contributed by atoms with E-state index in [1.165, 1.54) is 19.4 Å². The van der Waals surface area contributed by atoms with Crippen LogP contribution in [0.25, 0.3) is 0 Å². The summed E-state index contributed by atoms with van der Waals surface area (Å²) in [6.07, 6.45) is 3.64. The molecule has 0 radical (unpaired) electrons. The standard InChI is InChI=1S/C13H20N2O3/c1-4-5-9(2)8-18-12-11(13(16)17-3)6-10(14)7-15-12/h6-7,9H,4-5,8,14H2,1-3H3. The van der Waals surface area contributed by atoms with Crippen molar-refractivity contribution < 1.29 is 14.3 Å². The number of carbonyl (C=O) groups is 1. The van der Waals surface area contributed by atoms with Crippen molar-refractivity contribution in [3.63, 3.8) is 0 Å². The van der Waals surface area contributed by atoms with Crippen LogP contribution in [0.3, 0.4) is 0 Å². The normalized spacial score (nSPS) is 11.9. The molecule has 0 aliphatic rings. The Morgan fingerprint density at radius 2 is 2.28 bits per heavy atom. The van der Waals surface area contributed by atoms with Gasteiger partial charge in [0.05, 0.1) is 25.6 Å². The van der Waals surface area contributed by atoms with Crippen molar-refractivity contribution in [3.05, 3.63) is 17.8 Å². The Hall–Kier alpha value is -1.78. The molecule has 0 fully saturated rings. The maximum absolute atomic E-state index is 11.6. The molecule has 2 N–H and O–H groups in total. The van der Waals surface area contributed by atoms with Crippen molar-refractivity contribution in [1.29, 1.82) is 0 Å². The average molecular weight is 252 g/mol. The number of anilines is 1. The molecular formula is C13H20N2O3. The Morgan fingerprint density at radius 3 is 2.89 bits per heavy atom. The Balaban J connectivity index is 2.78. The van der Waals surface area contributed by atoms with Crippen LogP contribution in [0, 0.1) is 5.92 Å². The summed E-state index contributed by atoms with van der Waals surface area (Å²) in [6.45, 7) is 4.74. The van der Waals surface area contributed by atoms with Gasteiger partial charge in [0.2, 0.25) is 5.88 Å². The molecule has 1 aromatic heterocycles. The molecule has 0 saturated heterocycles. The largest absolute Gasteiger partial charge is 0.477 e. The molecule has 1 unspecified atom stereocenters. The molecular weight excluding hydrogens is 232 g/mol. The fourth-order valence-electron chi connectivity index (χ4n) is 1.64. The smallest absolute Gasteiger partial charge is 0.343 e. The van der Waals surface area contributed by atoms with Gasteiger partial charge in [0.15, 0.2) is 0 Å². The lowest BCUT2D eigenvalue weighted by atomic mass is 10.1. The first-order valence-corrected chi connectivity index (χ1v) is 6.05. The van der Waals surface area contributed by atoms with Crippen LogP contribution in [0.1, 0.15) is 37.0 Å². The first kappa shape index (κ1) is 14.3. The van der Waals surface area contributed by atoms with Gasteiger partial charge in [-0.1, -0.05) is 20.3 Å². The highest BCUT2D eigenvalue weighted by atomic mass is 16.5. The Morgan fingerprint density at radius 1 is 1.56 bits per heavy atom. The monoisotopic (exact) mass is 252 g/mol. The predicted octanol–water partition coefficient (Wildman–Crippen LogP) is 2.27. The third-order valence-electron chi connectivity index (χ3n) is 2.56. The SMILES string of the molecule is CCCC(C)COc1ncc(N)cc1C(=O)OC. The first-order valence-electron chi connectivity index (χ1n) is 6.05. The minimum atomic E-state index is -0.493. The summed E-state index contributed by atoms with van der Waals surface area (Å²) >= 11 is 0. The maximum Gasteiger partial charge on any atom is 0.343 e. The number of ether oxygens (including phenoxy) is 2. The van der Waals surface area contributed by atoms with E-state index in [9.17, 15) is 4.79 Å². The third kappa shape index (κ3) is 3.91. The van der Waals surface area contributed by atoms with Gasteiger partial charge in [-0.25, -0.2) is 9.78 Å². The van der Waals surface area contributed by atoms with Gasteiger partial charge in [-0.3, -0.25) is 0 Å². The summed E-state index contributed by atoms with van der Waals surface area (Å²) in [5, 5.41) is 0. The van der Waals surface area contributed by atoms with Gasteiger partial charge < -0.3 is 15.2 Å². The fourth-order valence-corrected chi connectivity index (χ4v) is 1.64. The summed E-state index contributed by atoms with van der Waals surface area (Å²) in [7, 11) is 1.31. The van der Waals surface area contributed by atoms with E-state index in [0.717, 1.165) is 12.8 Å². The van der Waals surface area contributed by atoms with Gasteiger partial charge in [0, 0.05) is 0 Å². The molecule has 18 heavy (non-hydrogen) atoms. The molecule has 0 spiro atoms. The third-order valence-corrected chi connectivity index (χ3v) is 2.56. The second-order valence-corrected chi connectivity index (χ2v) is 4.32. The van der Waals surface area contributed by atoms with Crippen molar-refractivity contribution in [1.82, 2.24) is 4.98 Å². The van der Waals surface area contributed by atoms with E-state index < -0.39 is 5.97 Å². The molecule has 0 amide bonds. The summed E-state index contributed by atoms with van der Waals surface area (Å²) in [4.78, 5) is 15.6. The average Bonchev–Trinajstić information content (AvgIpc) is 2.36. The van der Waals surface area contributed by atoms with E-state index in [1.54, 1.807) is 0 Å². The van der Waals surface area contributed by atoms with Crippen molar-refractivity contribution >= 4 is 11.7 Å². The van der Waals surface area contributed by atoms with Crippen molar-refractivity contribution in [2.24, 2.45) is 5.92 Å². The highest BCUT2D eigenvalue weighted by molar-refractivity contribution is 5.92. The summed E-state index contributed by atoms with van der Waals surface area (Å²) in [6, 6.07) is 1.51. The Kier molecular flexibility index (Phi) is 5.42. The first-order chi connectivity index (χ1) is 8.58. The lowest BCUT2D eigenvalue weighted by molar-refractivity contribution is 0.0594. The Labute approximate surface area is 107 Å². The molecule has 0 saturated carbocycles. The van der Waals surface area contributed by atoms with Crippen LogP contribution in [-0.2, 0) is 4.74 Å². The second-order valence-electron chi connectivity index (χ2n) is 4.32. The number of methoxy groups -OCH3 is 1. The van der Waals surface area contributed by atoms with Crippen LogP contribution in [0.2, 0.25) is 0 Å². The summed E-state index contributed by atoms with van der Waals surface area (Å²) in [5.74, 6) is 0.201. The van der Waals surface area contributed by atoms with E-state index in [2.05, 4.69) is 23.6 Å². The van der Waals surface area contributed by atoms with E-state index in [-0.39, 0.29) is 11.4 Å². The minimum absolute atomic E-state index is 0.265. The van der Waals surface area contributed by atoms with E-state index in [4.69, 9.17) is 10.5 Å². The van der Waals surface area contributed by atoms with Crippen molar-refractivity contribution in [3.8, 4) is 5.88 Å². The van der Waals surface area contributed by atoms with Crippen LogP contribution < -0.4 is 10.5 Å². The van der Waals surface area contributed by atoms with E-state index >= 15 is 0 Å². The van der Waals surface area contributed by atoms with Gasteiger partial charge >= 0.3 is 5.97 Å². The zero-order chi connectivity index (χ0) is 13.5. The number of aromatic nitrogens is 1. The topological polar surface area (TPSA) is 74.4 Å². The number of nitrogens with zero attached hydrogens (tertiary/aromatic N) is 1. The van der Waals surface area contributed by atoms with Gasteiger partial charge in [-0.15, -0.1) is 0 Å². The highest BCUT2D eigenvalue weighted by Crippen LogP contribution is 2.20. The zero-order valence-corrected chi connectivity index (χ0v) is 11.1. The number of carbonyl (C=O) groups excluding carboxylic acids is 1. The van der Waals surface area contributed by atoms with E-state index in [1.807, 2.05) is 0 Å². The molecule has 0 aromatic carbocycles. The molecule has 5 nitrogen and oxygen atoms in total. The number of hydrogen-bond donors (Lipinski definition) is 1. The number of esters is 1. The van der Waals surface area contributed by atoms with Gasteiger partial charge in [0.25, 0.3) is 0 Å². The van der Waals surface area contributed by atoms with Crippen LogP contribution in [0.5, 0.6) is 5.88 Å². The lowest BCUT2D eigenvalue weighted by Crippen LogP contribution is -2.13. The van der Waals surface area contributed by atoms with Crippen LogP contribution in [0.4, 0.5) is 5.69 Å². The number of nitrogens with two attached hydrogens (primary N) is 1. The van der Waals surface area contributed by atoms with Crippen molar-refractivity contribution in [2.45, 2.75) is 26.7 Å². The van der Waals surface area contributed by atoms with E-state index in [0.29, 0.717) is 18.2 Å². The van der Waals surface area contributed by atoms with Gasteiger partial charge in [-0.05, 0) is 18.4 Å². The lowest BCUT2D eigenvalue weighted by Gasteiger charge is -2.13. The molecule has 5 heteroatoms. The number of pyridine rings is 1. The number of rotatable bonds is 6. The minimum Gasteiger partial charge on any atom is -0.477 e. The predicted molar refractivity (Wildman–Crippen MR) is 69.6 cm³/mol. The fraction of sp³-hybridized carbons (Fsp3) is 0.538. The zero-order valence-electron chi connectivity index (χ0n) is 11.1. The molecule has 1 atom stereocenters. The van der Waals surface area contributed by atoms with Gasteiger partial charge in [0.1, 0.15) is 5.56 Å². The molecule has 0 aliphatic heterocycles. The van der Waals surface area contributed by atoms with Crippen LogP contribution in [0.15, 0.2) is 12.3 Å². The second kappa shape index (κ2) is 6.83. The van der Waals surface area contributed by atoms with Crippen LogP contribution in [-0.4, -0.2) is 24.7 Å². The molecule has 1 heterocycles. The van der Waals surface area contributed by atoms with Crippen molar-refractivity contribution in [2.75, 3.05) is 19.5 Å². The highest BCUT2D eigenvalue weighted by Gasteiger charge is 2.16. The van der Waals surface area contributed by atoms with Crippen LogP contribution >= 0.6 is 0 Å². The molecule has 0 bridgehead atoms.